The number of hydrogen-bond acceptors (Lipinski definition) is 3. The molecule has 1 amide bonds. The maximum absolute atomic E-state index is 11.9. The number of primary amides is 1. The summed E-state index contributed by atoms with van der Waals surface area (Å²) in [5.74, 6) is -0.776. The van der Waals surface area contributed by atoms with Crippen molar-refractivity contribution in [3.05, 3.63) is 23.8 Å². The summed E-state index contributed by atoms with van der Waals surface area (Å²) in [6.07, 6.45) is -2.62. The van der Waals surface area contributed by atoms with E-state index in [4.69, 9.17) is 16.2 Å². The van der Waals surface area contributed by atoms with Crippen LogP contribution in [0.5, 0.6) is 5.75 Å². The molecule has 0 aliphatic carbocycles. The minimum atomic E-state index is -2.62. The van der Waals surface area contributed by atoms with Gasteiger partial charge in [0, 0.05) is 11.8 Å². The number of ether oxygens (including phenoxy) is 1. The summed E-state index contributed by atoms with van der Waals surface area (Å²) in [6.45, 7) is -0.802. The smallest absolute Gasteiger partial charge is 0.272 e. The minimum Gasteiger partial charge on any atom is -0.487 e. The average molecular weight is 216 g/mol. The molecule has 0 atom stereocenters. The number of alkyl halides is 2. The second-order valence-electron chi connectivity index (χ2n) is 2.82. The van der Waals surface area contributed by atoms with E-state index in [9.17, 15) is 13.6 Å². The van der Waals surface area contributed by atoms with Crippen LogP contribution in [-0.2, 0) is 0 Å². The highest BCUT2D eigenvalue weighted by Gasteiger charge is 2.11. The molecule has 1 aromatic rings. The molecule has 0 spiro atoms. The number of halogens is 2. The van der Waals surface area contributed by atoms with E-state index in [1.807, 2.05) is 0 Å². The van der Waals surface area contributed by atoms with Crippen LogP contribution >= 0.6 is 0 Å². The van der Waals surface area contributed by atoms with E-state index in [0.29, 0.717) is 5.69 Å². The normalized spacial score (nSPS) is 10.3. The first kappa shape index (κ1) is 11.2. The van der Waals surface area contributed by atoms with Crippen LogP contribution in [0.25, 0.3) is 0 Å². The van der Waals surface area contributed by atoms with Gasteiger partial charge in [0.1, 0.15) is 12.4 Å². The Morgan fingerprint density at radius 1 is 1.47 bits per heavy atom. The van der Waals surface area contributed by atoms with E-state index in [0.717, 1.165) is 0 Å². The lowest BCUT2D eigenvalue weighted by molar-refractivity contribution is 0.0801. The van der Waals surface area contributed by atoms with Crippen LogP contribution in [0.15, 0.2) is 18.2 Å². The Morgan fingerprint density at radius 2 is 2.13 bits per heavy atom. The molecule has 1 rings (SSSR count). The molecule has 6 heteroatoms. The molecule has 0 saturated heterocycles. The Kier molecular flexibility index (Phi) is 3.43. The molecular formula is C9H10F2N2O2. The monoisotopic (exact) mass is 216 g/mol. The van der Waals surface area contributed by atoms with Gasteiger partial charge < -0.3 is 16.2 Å². The van der Waals surface area contributed by atoms with Gasteiger partial charge in [-0.1, -0.05) is 0 Å². The average Bonchev–Trinajstić information content (AvgIpc) is 2.14. The molecule has 0 aliphatic heterocycles. The molecule has 1 aromatic carbocycles. The number of anilines is 1. The summed E-state index contributed by atoms with van der Waals surface area (Å²) in [5, 5.41) is 0. The lowest BCUT2D eigenvalue weighted by atomic mass is 10.2. The maximum atomic E-state index is 11.9. The molecule has 0 aliphatic rings. The van der Waals surface area contributed by atoms with Crippen molar-refractivity contribution in [2.24, 2.45) is 5.73 Å². The summed E-state index contributed by atoms with van der Waals surface area (Å²) < 4.78 is 28.5. The predicted molar refractivity (Wildman–Crippen MR) is 50.9 cm³/mol. The summed E-state index contributed by atoms with van der Waals surface area (Å²) in [5.41, 5.74) is 10.8. The Hall–Kier alpha value is -1.85. The van der Waals surface area contributed by atoms with Gasteiger partial charge in [0.05, 0.1) is 5.56 Å². The second-order valence-corrected chi connectivity index (χ2v) is 2.82. The van der Waals surface area contributed by atoms with Crippen LogP contribution in [0.2, 0.25) is 0 Å². The Balaban J connectivity index is 2.92. The van der Waals surface area contributed by atoms with E-state index in [2.05, 4.69) is 0 Å². The molecule has 0 heterocycles. The van der Waals surface area contributed by atoms with Crippen molar-refractivity contribution in [3.8, 4) is 5.75 Å². The van der Waals surface area contributed by atoms with Crippen molar-refractivity contribution in [3.63, 3.8) is 0 Å². The lowest BCUT2D eigenvalue weighted by Gasteiger charge is -2.09. The first-order chi connectivity index (χ1) is 7.00. The third kappa shape index (κ3) is 3.08. The van der Waals surface area contributed by atoms with E-state index in [-0.39, 0.29) is 11.3 Å². The molecule has 0 fully saturated rings. The first-order valence-corrected chi connectivity index (χ1v) is 4.11. The van der Waals surface area contributed by atoms with Crippen LogP contribution in [0.1, 0.15) is 10.4 Å². The maximum Gasteiger partial charge on any atom is 0.272 e. The van der Waals surface area contributed by atoms with Crippen LogP contribution < -0.4 is 16.2 Å². The fraction of sp³-hybridized carbons (Fsp3) is 0.222. The molecule has 0 radical (unpaired) electrons. The SMILES string of the molecule is NC(=O)c1ccc(N)cc1OCC(F)F. The minimum absolute atomic E-state index is 0.0252. The van der Waals surface area contributed by atoms with Crippen molar-refractivity contribution in [2.75, 3.05) is 12.3 Å². The fourth-order valence-corrected chi connectivity index (χ4v) is 1.01. The fourth-order valence-electron chi connectivity index (χ4n) is 1.01. The van der Waals surface area contributed by atoms with E-state index < -0.39 is 18.9 Å². The third-order valence-corrected chi connectivity index (χ3v) is 1.64. The Labute approximate surface area is 84.8 Å². The van der Waals surface area contributed by atoms with Gasteiger partial charge in [-0.2, -0.15) is 0 Å². The quantitative estimate of drug-likeness (QED) is 0.737. The molecule has 0 saturated carbocycles. The van der Waals surface area contributed by atoms with E-state index >= 15 is 0 Å². The number of benzene rings is 1. The zero-order valence-corrected chi connectivity index (χ0v) is 7.74. The van der Waals surface area contributed by atoms with Gasteiger partial charge in [0.2, 0.25) is 0 Å². The van der Waals surface area contributed by atoms with Crippen molar-refractivity contribution in [2.45, 2.75) is 6.43 Å². The van der Waals surface area contributed by atoms with Gasteiger partial charge in [-0.15, -0.1) is 0 Å². The number of nitrogens with two attached hydrogens (primary N) is 2. The molecule has 0 bridgehead atoms. The summed E-state index contributed by atoms with van der Waals surface area (Å²) in [4.78, 5) is 10.9. The molecule has 4 N–H and O–H groups in total. The highest BCUT2D eigenvalue weighted by atomic mass is 19.3. The summed E-state index contributed by atoms with van der Waals surface area (Å²) in [6, 6.07) is 4.05. The van der Waals surface area contributed by atoms with E-state index in [1.165, 1.54) is 18.2 Å². The van der Waals surface area contributed by atoms with Gasteiger partial charge in [0.15, 0.2) is 0 Å². The number of amides is 1. The van der Waals surface area contributed by atoms with Crippen molar-refractivity contribution < 1.29 is 18.3 Å². The number of nitrogen functional groups attached to an aromatic ring is 1. The second kappa shape index (κ2) is 4.59. The summed E-state index contributed by atoms with van der Waals surface area (Å²) in [7, 11) is 0. The van der Waals surface area contributed by atoms with Gasteiger partial charge in [-0.25, -0.2) is 8.78 Å². The molecule has 0 unspecified atom stereocenters. The first-order valence-electron chi connectivity index (χ1n) is 4.11. The number of hydrogen-bond donors (Lipinski definition) is 2. The van der Waals surface area contributed by atoms with E-state index in [1.54, 1.807) is 0 Å². The lowest BCUT2D eigenvalue weighted by Crippen LogP contribution is -2.15. The predicted octanol–water partition coefficient (Wildman–Crippen LogP) is 1.01. The highest BCUT2D eigenvalue weighted by Crippen LogP contribution is 2.21. The Morgan fingerprint density at radius 3 is 2.67 bits per heavy atom. The number of rotatable bonds is 4. The van der Waals surface area contributed by atoms with Crippen molar-refractivity contribution in [1.29, 1.82) is 0 Å². The molecule has 0 aromatic heterocycles. The van der Waals surface area contributed by atoms with Crippen LogP contribution in [0.3, 0.4) is 0 Å². The molecule has 4 nitrogen and oxygen atoms in total. The highest BCUT2D eigenvalue weighted by molar-refractivity contribution is 5.96. The number of carbonyl (C=O) groups excluding carboxylic acids is 1. The third-order valence-electron chi connectivity index (χ3n) is 1.64. The van der Waals surface area contributed by atoms with Gasteiger partial charge in [-0.05, 0) is 12.1 Å². The molecule has 15 heavy (non-hydrogen) atoms. The van der Waals surface area contributed by atoms with Crippen molar-refractivity contribution in [1.82, 2.24) is 0 Å². The van der Waals surface area contributed by atoms with Crippen LogP contribution in [0.4, 0.5) is 14.5 Å². The van der Waals surface area contributed by atoms with Gasteiger partial charge in [-0.3, -0.25) is 4.79 Å². The zero-order chi connectivity index (χ0) is 11.4. The molecule has 82 valence electrons. The number of carbonyl (C=O) groups is 1. The van der Waals surface area contributed by atoms with Crippen molar-refractivity contribution >= 4 is 11.6 Å². The molecular weight excluding hydrogens is 206 g/mol. The van der Waals surface area contributed by atoms with Crippen LogP contribution in [-0.4, -0.2) is 18.9 Å². The largest absolute Gasteiger partial charge is 0.487 e. The standard InChI is InChI=1S/C9H10F2N2O2/c10-8(11)4-15-7-3-5(12)1-2-6(7)9(13)14/h1-3,8H,4,12H2,(H2,13,14). The zero-order valence-electron chi connectivity index (χ0n) is 7.74. The topological polar surface area (TPSA) is 78.3 Å². The summed E-state index contributed by atoms with van der Waals surface area (Å²) >= 11 is 0. The van der Waals surface area contributed by atoms with Gasteiger partial charge >= 0.3 is 0 Å². The van der Waals surface area contributed by atoms with Crippen LogP contribution in [0, 0.1) is 0 Å². The Bertz CT molecular complexity index is 369. The van der Waals surface area contributed by atoms with Gasteiger partial charge in [0.25, 0.3) is 12.3 Å².